The van der Waals surface area contributed by atoms with Gasteiger partial charge in [0.1, 0.15) is 0 Å². The van der Waals surface area contributed by atoms with Gasteiger partial charge in [-0.25, -0.2) is 0 Å². The molecule has 0 amide bonds. The molecule has 3 heterocycles. The molecule has 2 spiro atoms. The van der Waals surface area contributed by atoms with Crippen molar-refractivity contribution in [2.75, 3.05) is 13.2 Å². The van der Waals surface area contributed by atoms with Gasteiger partial charge >= 0.3 is 0 Å². The molecule has 3 aliphatic heterocycles. The van der Waals surface area contributed by atoms with Gasteiger partial charge in [0.15, 0.2) is 11.6 Å². The lowest BCUT2D eigenvalue weighted by atomic mass is 10.2. The van der Waals surface area contributed by atoms with E-state index in [1.54, 1.807) is 0 Å². The Bertz CT molecular complexity index is 211. The summed E-state index contributed by atoms with van der Waals surface area (Å²) < 4.78 is 17.1. The summed E-state index contributed by atoms with van der Waals surface area (Å²) in [7, 11) is 0. The first-order chi connectivity index (χ1) is 6.33. The van der Waals surface area contributed by atoms with Crippen LogP contribution in [-0.4, -0.2) is 24.8 Å². The lowest BCUT2D eigenvalue weighted by molar-refractivity contribution is -0.279. The van der Waals surface area contributed by atoms with Crippen molar-refractivity contribution in [3.63, 3.8) is 0 Å². The highest BCUT2D eigenvalue weighted by molar-refractivity contribution is 5.13. The second-order valence-corrected chi connectivity index (χ2v) is 3.96. The second-order valence-electron chi connectivity index (χ2n) is 3.96. The minimum atomic E-state index is -0.440. The molecule has 0 aliphatic carbocycles. The first kappa shape index (κ1) is 7.97. The standard InChI is InChI=1S/C10H14O3/c1-3-9(11-7-1)5-6-10(13-9)4-2-8-12-10/h5-6H,1-4,7-8H2/t9-,10+. The van der Waals surface area contributed by atoms with Crippen molar-refractivity contribution in [3.05, 3.63) is 12.2 Å². The topological polar surface area (TPSA) is 27.7 Å². The molecule has 3 rings (SSSR count). The molecule has 0 aromatic heterocycles. The summed E-state index contributed by atoms with van der Waals surface area (Å²) in [5.41, 5.74) is 0. The Balaban J connectivity index is 1.81. The third-order valence-electron chi connectivity index (χ3n) is 2.97. The fraction of sp³-hybridized carbons (Fsp3) is 0.800. The largest absolute Gasteiger partial charge is 0.346 e. The zero-order valence-electron chi connectivity index (χ0n) is 7.62. The molecule has 3 nitrogen and oxygen atoms in total. The molecule has 72 valence electrons. The monoisotopic (exact) mass is 182 g/mol. The van der Waals surface area contributed by atoms with E-state index in [2.05, 4.69) is 0 Å². The lowest BCUT2D eigenvalue weighted by Crippen LogP contribution is -2.35. The normalized spacial score (nSPS) is 48.6. The molecule has 0 aromatic rings. The first-order valence-corrected chi connectivity index (χ1v) is 5.01. The maximum Gasteiger partial charge on any atom is 0.191 e. The van der Waals surface area contributed by atoms with Crippen LogP contribution in [0, 0.1) is 0 Å². The van der Waals surface area contributed by atoms with Gasteiger partial charge in [0.2, 0.25) is 0 Å². The average molecular weight is 182 g/mol. The third-order valence-corrected chi connectivity index (χ3v) is 2.97. The van der Waals surface area contributed by atoms with E-state index in [0.717, 1.165) is 38.9 Å². The Morgan fingerprint density at radius 2 is 1.38 bits per heavy atom. The molecular formula is C10H14O3. The van der Waals surface area contributed by atoms with Gasteiger partial charge in [-0.3, -0.25) is 0 Å². The zero-order chi connectivity index (χ0) is 8.78. The van der Waals surface area contributed by atoms with Gasteiger partial charge in [-0.15, -0.1) is 0 Å². The van der Waals surface area contributed by atoms with Crippen LogP contribution in [0.25, 0.3) is 0 Å². The quantitative estimate of drug-likeness (QED) is 0.532. The van der Waals surface area contributed by atoms with E-state index in [1.807, 2.05) is 12.2 Å². The molecule has 13 heavy (non-hydrogen) atoms. The van der Waals surface area contributed by atoms with Crippen LogP contribution in [0.15, 0.2) is 12.2 Å². The molecule has 0 saturated carbocycles. The van der Waals surface area contributed by atoms with Crippen molar-refractivity contribution in [2.45, 2.75) is 37.3 Å². The average Bonchev–Trinajstić information content (AvgIpc) is 2.81. The van der Waals surface area contributed by atoms with Crippen molar-refractivity contribution in [3.8, 4) is 0 Å². The molecule has 0 aromatic carbocycles. The number of hydrogen-bond acceptors (Lipinski definition) is 3. The summed E-state index contributed by atoms with van der Waals surface area (Å²) in [6.45, 7) is 1.61. The van der Waals surface area contributed by atoms with E-state index in [-0.39, 0.29) is 0 Å². The van der Waals surface area contributed by atoms with E-state index in [0.29, 0.717) is 0 Å². The molecule has 0 unspecified atom stereocenters. The summed E-state index contributed by atoms with van der Waals surface area (Å²) in [6, 6.07) is 0. The van der Waals surface area contributed by atoms with Crippen LogP contribution in [0.5, 0.6) is 0 Å². The molecule has 0 N–H and O–H groups in total. The van der Waals surface area contributed by atoms with Crippen LogP contribution in [0.3, 0.4) is 0 Å². The maximum absolute atomic E-state index is 5.90. The minimum absolute atomic E-state index is 0.440. The van der Waals surface area contributed by atoms with Crippen molar-refractivity contribution < 1.29 is 14.2 Å². The summed E-state index contributed by atoms with van der Waals surface area (Å²) in [5, 5.41) is 0. The fourth-order valence-electron chi connectivity index (χ4n) is 2.31. The second kappa shape index (κ2) is 2.56. The predicted octanol–water partition coefficient (Wildman–Crippen LogP) is 1.59. The lowest BCUT2D eigenvalue weighted by Gasteiger charge is -2.28. The van der Waals surface area contributed by atoms with Crippen LogP contribution in [0.4, 0.5) is 0 Å². The van der Waals surface area contributed by atoms with Crippen molar-refractivity contribution in [1.29, 1.82) is 0 Å². The minimum Gasteiger partial charge on any atom is -0.346 e. The third kappa shape index (κ3) is 1.15. The van der Waals surface area contributed by atoms with Crippen LogP contribution >= 0.6 is 0 Å². The summed E-state index contributed by atoms with van der Waals surface area (Å²) >= 11 is 0. The Labute approximate surface area is 77.7 Å². The molecule has 2 atom stereocenters. The van der Waals surface area contributed by atoms with Gasteiger partial charge in [-0.05, 0) is 25.0 Å². The molecule has 0 bridgehead atoms. The van der Waals surface area contributed by atoms with E-state index < -0.39 is 11.6 Å². The van der Waals surface area contributed by atoms with Crippen molar-refractivity contribution >= 4 is 0 Å². The predicted molar refractivity (Wildman–Crippen MR) is 46.1 cm³/mol. The Morgan fingerprint density at radius 3 is 1.77 bits per heavy atom. The molecular weight excluding hydrogens is 168 g/mol. The van der Waals surface area contributed by atoms with Gasteiger partial charge in [0, 0.05) is 12.8 Å². The molecule has 2 fully saturated rings. The SMILES string of the molecule is C1=C[C@]2(CCCO2)O[C@]12CCCO2. The van der Waals surface area contributed by atoms with Gasteiger partial charge < -0.3 is 14.2 Å². The van der Waals surface area contributed by atoms with Gasteiger partial charge in [0.05, 0.1) is 13.2 Å². The van der Waals surface area contributed by atoms with Crippen LogP contribution in [0.2, 0.25) is 0 Å². The number of hydrogen-bond donors (Lipinski definition) is 0. The van der Waals surface area contributed by atoms with Crippen LogP contribution in [0.1, 0.15) is 25.7 Å². The number of rotatable bonds is 0. The van der Waals surface area contributed by atoms with E-state index in [1.165, 1.54) is 0 Å². The fourth-order valence-corrected chi connectivity index (χ4v) is 2.31. The Kier molecular flexibility index (Phi) is 1.57. The molecule has 0 radical (unpaired) electrons. The highest BCUT2D eigenvalue weighted by atomic mass is 16.8. The van der Waals surface area contributed by atoms with E-state index >= 15 is 0 Å². The highest BCUT2D eigenvalue weighted by Crippen LogP contribution is 2.43. The maximum atomic E-state index is 5.90. The van der Waals surface area contributed by atoms with Crippen molar-refractivity contribution in [2.24, 2.45) is 0 Å². The summed E-state index contributed by atoms with van der Waals surface area (Å²) in [5.74, 6) is -0.880. The molecule has 2 saturated heterocycles. The van der Waals surface area contributed by atoms with E-state index in [4.69, 9.17) is 14.2 Å². The van der Waals surface area contributed by atoms with Gasteiger partial charge in [0.25, 0.3) is 0 Å². The summed E-state index contributed by atoms with van der Waals surface area (Å²) in [4.78, 5) is 0. The number of ether oxygens (including phenoxy) is 3. The highest BCUT2D eigenvalue weighted by Gasteiger charge is 2.49. The Morgan fingerprint density at radius 1 is 0.846 bits per heavy atom. The first-order valence-electron chi connectivity index (χ1n) is 5.01. The zero-order valence-corrected chi connectivity index (χ0v) is 7.62. The molecule has 3 heteroatoms. The summed E-state index contributed by atoms with van der Waals surface area (Å²) in [6.07, 6.45) is 8.17. The van der Waals surface area contributed by atoms with Crippen LogP contribution < -0.4 is 0 Å². The smallest absolute Gasteiger partial charge is 0.191 e. The Hall–Kier alpha value is -0.380. The van der Waals surface area contributed by atoms with E-state index in [9.17, 15) is 0 Å². The molecule has 3 aliphatic rings. The van der Waals surface area contributed by atoms with Crippen LogP contribution in [-0.2, 0) is 14.2 Å². The van der Waals surface area contributed by atoms with Gasteiger partial charge in [-0.1, -0.05) is 0 Å². The van der Waals surface area contributed by atoms with Gasteiger partial charge in [-0.2, -0.15) is 0 Å². The van der Waals surface area contributed by atoms with Crippen molar-refractivity contribution in [1.82, 2.24) is 0 Å².